The van der Waals surface area contributed by atoms with Crippen molar-refractivity contribution in [3.63, 3.8) is 0 Å². The number of H-pyrrole nitrogens is 1. The Morgan fingerprint density at radius 3 is 2.79 bits per heavy atom. The van der Waals surface area contributed by atoms with E-state index in [0.717, 1.165) is 0 Å². The highest BCUT2D eigenvalue weighted by Gasteiger charge is 2.11. The van der Waals surface area contributed by atoms with Crippen LogP contribution in [0.5, 0.6) is 11.5 Å². The molecular weight excluding hydrogens is 248 g/mol. The number of rotatable bonds is 3. The number of methoxy groups -OCH3 is 1. The first-order valence-electron chi connectivity index (χ1n) is 5.47. The molecule has 0 aliphatic heterocycles. The molecule has 0 saturated carbocycles. The van der Waals surface area contributed by atoms with E-state index in [1.807, 2.05) is 0 Å². The molecule has 0 aliphatic rings. The van der Waals surface area contributed by atoms with Crippen molar-refractivity contribution in [1.82, 2.24) is 4.98 Å². The predicted octanol–water partition coefficient (Wildman–Crippen LogP) is 1.34. The first-order valence-corrected chi connectivity index (χ1v) is 5.47. The molecule has 1 amide bonds. The number of aromatic hydroxyl groups is 1. The maximum Gasteiger partial charge on any atom is 0.261 e. The van der Waals surface area contributed by atoms with Crippen molar-refractivity contribution >= 4 is 11.6 Å². The minimum absolute atomic E-state index is 0.00203. The van der Waals surface area contributed by atoms with Gasteiger partial charge in [-0.15, -0.1) is 0 Å². The van der Waals surface area contributed by atoms with Gasteiger partial charge in [0.05, 0.1) is 7.11 Å². The molecule has 0 spiro atoms. The number of amides is 1. The fourth-order valence-electron chi connectivity index (χ4n) is 1.56. The lowest BCUT2D eigenvalue weighted by atomic mass is 10.2. The second-order valence-electron chi connectivity index (χ2n) is 3.76. The Kier molecular flexibility index (Phi) is 3.51. The number of pyridine rings is 1. The van der Waals surface area contributed by atoms with E-state index in [0.29, 0.717) is 11.4 Å². The lowest BCUT2D eigenvalue weighted by molar-refractivity contribution is 0.102. The number of carbonyl (C=O) groups excluding carboxylic acids is 1. The molecule has 98 valence electrons. The Balaban J connectivity index is 2.22. The van der Waals surface area contributed by atoms with Crippen molar-refractivity contribution in [3.8, 4) is 11.5 Å². The van der Waals surface area contributed by atoms with Gasteiger partial charge in [-0.25, -0.2) is 0 Å². The van der Waals surface area contributed by atoms with Crippen LogP contribution in [0.15, 0.2) is 41.5 Å². The van der Waals surface area contributed by atoms with E-state index in [-0.39, 0.29) is 16.7 Å². The first kappa shape index (κ1) is 12.7. The Labute approximate surface area is 108 Å². The number of ether oxygens (including phenoxy) is 1. The van der Waals surface area contributed by atoms with E-state index < -0.39 is 5.91 Å². The molecule has 6 nitrogen and oxygen atoms in total. The largest absolute Gasteiger partial charge is 0.504 e. The Hall–Kier alpha value is -2.76. The minimum Gasteiger partial charge on any atom is -0.504 e. The predicted molar refractivity (Wildman–Crippen MR) is 69.7 cm³/mol. The van der Waals surface area contributed by atoms with Gasteiger partial charge in [0.1, 0.15) is 5.56 Å². The molecule has 2 rings (SSSR count). The van der Waals surface area contributed by atoms with Crippen LogP contribution in [-0.4, -0.2) is 23.1 Å². The summed E-state index contributed by atoms with van der Waals surface area (Å²) in [5, 5.41) is 12.1. The summed E-state index contributed by atoms with van der Waals surface area (Å²) in [5.74, 6) is -0.343. The molecule has 3 N–H and O–H groups in total. The fraction of sp³-hybridized carbons (Fsp3) is 0.0769. The van der Waals surface area contributed by atoms with Gasteiger partial charge in [-0.1, -0.05) is 0 Å². The topological polar surface area (TPSA) is 91.4 Å². The average Bonchev–Trinajstić information content (AvgIpc) is 2.39. The summed E-state index contributed by atoms with van der Waals surface area (Å²) in [7, 11) is 1.43. The minimum atomic E-state index is -0.550. The van der Waals surface area contributed by atoms with Gasteiger partial charge in [-0.05, 0) is 12.1 Å². The van der Waals surface area contributed by atoms with E-state index in [4.69, 9.17) is 4.74 Å². The quantitative estimate of drug-likeness (QED) is 0.776. The Bertz CT molecular complexity index is 664. The van der Waals surface area contributed by atoms with Gasteiger partial charge in [0.15, 0.2) is 16.9 Å². The first-order chi connectivity index (χ1) is 9.11. The lowest BCUT2D eigenvalue weighted by Crippen LogP contribution is -2.20. The molecule has 19 heavy (non-hydrogen) atoms. The van der Waals surface area contributed by atoms with Crippen molar-refractivity contribution in [2.45, 2.75) is 0 Å². The molecule has 0 unspecified atom stereocenters. The lowest BCUT2D eigenvalue weighted by Gasteiger charge is -2.07. The van der Waals surface area contributed by atoms with Crippen molar-refractivity contribution in [3.05, 3.63) is 52.4 Å². The number of phenols is 1. The summed E-state index contributed by atoms with van der Waals surface area (Å²) in [6, 6.07) is 5.68. The molecule has 1 aromatic heterocycles. The van der Waals surface area contributed by atoms with Crippen LogP contribution in [0.1, 0.15) is 10.4 Å². The number of nitrogens with one attached hydrogen (secondary N) is 2. The smallest absolute Gasteiger partial charge is 0.261 e. The highest BCUT2D eigenvalue weighted by atomic mass is 16.5. The van der Waals surface area contributed by atoms with Crippen LogP contribution in [0.3, 0.4) is 0 Å². The zero-order valence-corrected chi connectivity index (χ0v) is 10.1. The van der Waals surface area contributed by atoms with Crippen LogP contribution in [-0.2, 0) is 0 Å². The van der Waals surface area contributed by atoms with Gasteiger partial charge < -0.3 is 20.1 Å². The molecule has 1 heterocycles. The number of benzene rings is 1. The van der Waals surface area contributed by atoms with Gasteiger partial charge in [0, 0.05) is 30.2 Å². The van der Waals surface area contributed by atoms with Gasteiger partial charge in [-0.2, -0.15) is 0 Å². The van der Waals surface area contributed by atoms with Crippen LogP contribution >= 0.6 is 0 Å². The number of carbonyl (C=O) groups is 1. The molecule has 0 saturated heterocycles. The average molecular weight is 260 g/mol. The van der Waals surface area contributed by atoms with E-state index in [1.165, 1.54) is 37.7 Å². The van der Waals surface area contributed by atoms with E-state index in [2.05, 4.69) is 10.3 Å². The van der Waals surface area contributed by atoms with Gasteiger partial charge in [0.2, 0.25) is 0 Å². The summed E-state index contributed by atoms with van der Waals surface area (Å²) in [6.45, 7) is 0. The van der Waals surface area contributed by atoms with Crippen LogP contribution in [0, 0.1) is 0 Å². The summed E-state index contributed by atoms with van der Waals surface area (Å²) in [5.41, 5.74) is -0.0154. The second kappa shape index (κ2) is 5.26. The third-order valence-corrected chi connectivity index (χ3v) is 2.51. The van der Waals surface area contributed by atoms with Crippen molar-refractivity contribution in [1.29, 1.82) is 0 Å². The Morgan fingerprint density at radius 2 is 2.16 bits per heavy atom. The standard InChI is InChI=1S/C13H12N2O4/c1-19-12-3-2-8(6-11(12)17)15-13(18)9-7-14-5-4-10(9)16/h2-7,17H,1H3,(H,14,16)(H,15,18). The molecule has 0 radical (unpaired) electrons. The van der Waals surface area contributed by atoms with Crippen LogP contribution in [0.25, 0.3) is 0 Å². The second-order valence-corrected chi connectivity index (χ2v) is 3.76. The summed E-state index contributed by atoms with van der Waals surface area (Å²) in [6.07, 6.45) is 2.76. The number of hydrogen-bond donors (Lipinski definition) is 3. The summed E-state index contributed by atoms with van der Waals surface area (Å²) < 4.78 is 4.89. The van der Waals surface area contributed by atoms with Crippen molar-refractivity contribution in [2.24, 2.45) is 0 Å². The number of phenolic OH excluding ortho intramolecular Hbond substituents is 1. The van der Waals surface area contributed by atoms with Crippen LogP contribution < -0.4 is 15.5 Å². The summed E-state index contributed by atoms with van der Waals surface area (Å²) >= 11 is 0. The fourth-order valence-corrected chi connectivity index (χ4v) is 1.56. The van der Waals surface area contributed by atoms with Gasteiger partial charge in [-0.3, -0.25) is 9.59 Å². The highest BCUT2D eigenvalue weighted by Crippen LogP contribution is 2.28. The monoisotopic (exact) mass is 260 g/mol. The van der Waals surface area contributed by atoms with E-state index in [9.17, 15) is 14.7 Å². The summed E-state index contributed by atoms with van der Waals surface area (Å²) in [4.78, 5) is 26.0. The molecule has 2 aromatic rings. The van der Waals surface area contributed by atoms with Crippen molar-refractivity contribution in [2.75, 3.05) is 12.4 Å². The number of aromatic amines is 1. The Morgan fingerprint density at radius 1 is 1.37 bits per heavy atom. The molecule has 6 heteroatoms. The van der Waals surface area contributed by atoms with Crippen molar-refractivity contribution < 1.29 is 14.6 Å². The third-order valence-electron chi connectivity index (χ3n) is 2.51. The number of anilines is 1. The zero-order valence-electron chi connectivity index (χ0n) is 10.1. The van der Waals surface area contributed by atoms with E-state index >= 15 is 0 Å². The normalized spacial score (nSPS) is 9.95. The van der Waals surface area contributed by atoms with Crippen LogP contribution in [0.2, 0.25) is 0 Å². The van der Waals surface area contributed by atoms with Gasteiger partial charge >= 0.3 is 0 Å². The molecule has 1 aromatic carbocycles. The molecule has 0 fully saturated rings. The molecule has 0 bridgehead atoms. The third kappa shape index (κ3) is 2.74. The zero-order chi connectivity index (χ0) is 13.8. The highest BCUT2D eigenvalue weighted by molar-refractivity contribution is 6.04. The number of aromatic nitrogens is 1. The van der Waals surface area contributed by atoms with E-state index in [1.54, 1.807) is 6.07 Å². The molecule has 0 atom stereocenters. The van der Waals surface area contributed by atoms with Gasteiger partial charge in [0.25, 0.3) is 5.91 Å². The number of hydrogen-bond acceptors (Lipinski definition) is 4. The SMILES string of the molecule is COc1ccc(NC(=O)c2c[nH]ccc2=O)cc1O. The molecular formula is C13H12N2O4. The maximum absolute atomic E-state index is 11.9. The molecule has 0 aliphatic carbocycles. The maximum atomic E-state index is 11.9. The van der Waals surface area contributed by atoms with Crippen LogP contribution in [0.4, 0.5) is 5.69 Å².